The molecule has 0 bridgehead atoms. The SMILES string of the molecule is OCCC/C(=C(\c1ccc(O)cc1)c1ccc(OCCN2C[C@H]3CNC[C@H]3C2)cc1)C1C=CC=CC1. The monoisotopic (exact) mass is 486 g/mol. The Morgan fingerprint density at radius 1 is 0.944 bits per heavy atom. The second-order valence-corrected chi connectivity index (χ2v) is 10.2. The first-order chi connectivity index (χ1) is 17.7. The molecule has 5 nitrogen and oxygen atoms in total. The fourth-order valence-corrected chi connectivity index (χ4v) is 5.92. The molecule has 3 atom stereocenters. The zero-order chi connectivity index (χ0) is 24.7. The molecule has 36 heavy (non-hydrogen) atoms. The van der Waals surface area contributed by atoms with Crippen LogP contribution >= 0.6 is 0 Å². The number of nitrogens with zero attached hydrogens (tertiary/aromatic N) is 1. The topological polar surface area (TPSA) is 65.0 Å². The smallest absolute Gasteiger partial charge is 0.119 e. The zero-order valence-corrected chi connectivity index (χ0v) is 21.0. The van der Waals surface area contributed by atoms with Gasteiger partial charge >= 0.3 is 0 Å². The molecule has 2 aromatic rings. The van der Waals surface area contributed by atoms with Crippen LogP contribution in [0.2, 0.25) is 0 Å². The number of hydrogen-bond acceptors (Lipinski definition) is 5. The van der Waals surface area contributed by atoms with Crippen molar-refractivity contribution in [2.24, 2.45) is 17.8 Å². The normalized spacial score (nSPS) is 24.1. The third-order valence-corrected chi connectivity index (χ3v) is 7.79. The number of benzene rings is 2. The molecule has 0 saturated carbocycles. The van der Waals surface area contributed by atoms with E-state index in [0.29, 0.717) is 6.61 Å². The lowest BCUT2D eigenvalue weighted by atomic mass is 9.81. The molecule has 0 aromatic heterocycles. The van der Waals surface area contributed by atoms with Gasteiger partial charge in [0.2, 0.25) is 0 Å². The average Bonchev–Trinajstić information content (AvgIpc) is 3.51. The summed E-state index contributed by atoms with van der Waals surface area (Å²) in [5.74, 6) is 3.06. The fraction of sp³-hybridized carbons (Fsp3) is 0.419. The minimum Gasteiger partial charge on any atom is -0.508 e. The Kier molecular flexibility index (Phi) is 8.22. The first kappa shape index (κ1) is 24.8. The molecule has 0 amide bonds. The van der Waals surface area contributed by atoms with Gasteiger partial charge in [-0.2, -0.15) is 0 Å². The third-order valence-electron chi connectivity index (χ3n) is 7.79. The number of rotatable bonds is 10. The van der Waals surface area contributed by atoms with E-state index in [0.717, 1.165) is 67.6 Å². The Labute approximate surface area is 214 Å². The summed E-state index contributed by atoms with van der Waals surface area (Å²) in [6.07, 6.45) is 11.2. The molecular weight excluding hydrogens is 448 g/mol. The van der Waals surface area contributed by atoms with E-state index in [-0.39, 0.29) is 18.3 Å². The lowest BCUT2D eigenvalue weighted by Crippen LogP contribution is -2.29. The van der Waals surface area contributed by atoms with Crippen molar-refractivity contribution in [2.45, 2.75) is 19.3 Å². The van der Waals surface area contributed by atoms with Crippen molar-refractivity contribution in [1.29, 1.82) is 0 Å². The molecule has 1 unspecified atom stereocenters. The van der Waals surface area contributed by atoms with E-state index in [1.54, 1.807) is 12.1 Å². The first-order valence-corrected chi connectivity index (χ1v) is 13.3. The maximum Gasteiger partial charge on any atom is 0.119 e. The van der Waals surface area contributed by atoms with Crippen molar-refractivity contribution in [1.82, 2.24) is 10.2 Å². The lowest BCUT2D eigenvalue weighted by Gasteiger charge is -2.23. The number of aliphatic hydroxyl groups excluding tert-OH is 1. The van der Waals surface area contributed by atoms with Crippen molar-refractivity contribution in [3.63, 3.8) is 0 Å². The maximum absolute atomic E-state index is 9.89. The van der Waals surface area contributed by atoms with Crippen LogP contribution in [0, 0.1) is 17.8 Å². The number of aromatic hydroxyl groups is 1. The van der Waals surface area contributed by atoms with Crippen LogP contribution in [0.25, 0.3) is 5.57 Å². The lowest BCUT2D eigenvalue weighted by molar-refractivity contribution is 0.228. The number of nitrogens with one attached hydrogen (secondary N) is 1. The Morgan fingerprint density at radius 2 is 1.64 bits per heavy atom. The summed E-state index contributed by atoms with van der Waals surface area (Å²) in [6.45, 7) is 6.53. The van der Waals surface area contributed by atoms with Crippen molar-refractivity contribution in [3.05, 3.63) is 89.5 Å². The van der Waals surface area contributed by atoms with Crippen LogP contribution in [0.5, 0.6) is 11.5 Å². The van der Waals surface area contributed by atoms with Gasteiger partial charge < -0.3 is 20.3 Å². The van der Waals surface area contributed by atoms with E-state index in [1.807, 2.05) is 12.1 Å². The molecule has 1 aliphatic carbocycles. The molecule has 2 aromatic carbocycles. The van der Waals surface area contributed by atoms with Crippen LogP contribution in [0.1, 0.15) is 30.4 Å². The summed E-state index contributed by atoms with van der Waals surface area (Å²) in [7, 11) is 0. The van der Waals surface area contributed by atoms with E-state index < -0.39 is 0 Å². The van der Waals surface area contributed by atoms with Crippen LogP contribution in [-0.4, -0.2) is 61.1 Å². The van der Waals surface area contributed by atoms with Gasteiger partial charge in [0.05, 0.1) is 0 Å². The molecule has 5 rings (SSSR count). The largest absolute Gasteiger partial charge is 0.508 e. The summed E-state index contributed by atoms with van der Waals surface area (Å²) in [5.41, 5.74) is 4.70. The molecule has 2 heterocycles. The van der Waals surface area contributed by atoms with Gasteiger partial charge in [0.1, 0.15) is 18.1 Å². The van der Waals surface area contributed by atoms with Gasteiger partial charge in [-0.25, -0.2) is 0 Å². The zero-order valence-electron chi connectivity index (χ0n) is 21.0. The average molecular weight is 487 g/mol. The second kappa shape index (κ2) is 11.9. The Morgan fingerprint density at radius 3 is 2.28 bits per heavy atom. The van der Waals surface area contributed by atoms with Crippen molar-refractivity contribution >= 4 is 5.57 Å². The van der Waals surface area contributed by atoms with Gasteiger partial charge in [-0.3, -0.25) is 4.90 Å². The maximum atomic E-state index is 9.89. The highest BCUT2D eigenvalue weighted by atomic mass is 16.5. The minimum absolute atomic E-state index is 0.167. The number of ether oxygens (including phenoxy) is 1. The molecule has 3 aliphatic rings. The molecule has 0 spiro atoms. The van der Waals surface area contributed by atoms with Gasteiger partial charge in [-0.05, 0) is 85.2 Å². The number of hydrogen-bond donors (Lipinski definition) is 3. The van der Waals surface area contributed by atoms with E-state index in [1.165, 1.54) is 24.2 Å². The molecule has 190 valence electrons. The number of likely N-dealkylation sites (tertiary alicyclic amines) is 1. The highest BCUT2D eigenvalue weighted by molar-refractivity contribution is 5.83. The Bertz CT molecular complexity index is 1080. The molecule has 2 fully saturated rings. The van der Waals surface area contributed by atoms with Crippen LogP contribution < -0.4 is 10.1 Å². The molecule has 5 heteroatoms. The predicted octanol–water partition coefficient (Wildman–Crippen LogP) is 4.63. The van der Waals surface area contributed by atoms with Crippen molar-refractivity contribution in [3.8, 4) is 11.5 Å². The summed E-state index contributed by atoms with van der Waals surface area (Å²) in [6, 6.07) is 15.9. The van der Waals surface area contributed by atoms with E-state index in [4.69, 9.17) is 4.74 Å². The summed E-state index contributed by atoms with van der Waals surface area (Å²) < 4.78 is 6.13. The quantitative estimate of drug-likeness (QED) is 0.457. The highest BCUT2D eigenvalue weighted by Crippen LogP contribution is 2.37. The van der Waals surface area contributed by atoms with E-state index in [9.17, 15) is 10.2 Å². The molecule has 2 aliphatic heterocycles. The van der Waals surface area contributed by atoms with E-state index in [2.05, 4.69) is 58.8 Å². The number of allylic oxidation sites excluding steroid dienone is 5. The molecular formula is C31H38N2O3. The number of aliphatic hydroxyl groups is 1. The summed E-state index contributed by atoms with van der Waals surface area (Å²) in [5, 5.41) is 23.0. The Hall–Kier alpha value is -2.86. The number of phenolic OH excluding ortho intramolecular Hbond substituents is 1. The fourth-order valence-electron chi connectivity index (χ4n) is 5.92. The molecule has 3 N–H and O–H groups in total. The van der Waals surface area contributed by atoms with Crippen LogP contribution in [0.4, 0.5) is 0 Å². The Balaban J connectivity index is 1.34. The molecule has 2 saturated heterocycles. The van der Waals surface area contributed by atoms with Gasteiger partial charge in [0, 0.05) is 32.2 Å². The van der Waals surface area contributed by atoms with Crippen LogP contribution in [0.3, 0.4) is 0 Å². The summed E-state index contributed by atoms with van der Waals surface area (Å²) in [4.78, 5) is 2.54. The number of phenols is 1. The van der Waals surface area contributed by atoms with E-state index >= 15 is 0 Å². The van der Waals surface area contributed by atoms with Gasteiger partial charge in [0.15, 0.2) is 0 Å². The first-order valence-electron chi connectivity index (χ1n) is 13.3. The standard InChI is InChI=1S/C31H38N2O3/c34-17-4-7-30(23-5-2-1-3-6-23)31(24-8-12-28(35)13-9-24)25-10-14-29(15-11-25)36-18-16-33-21-26-19-32-20-27(26)22-33/h1-3,5,8-15,23,26-27,32,34-35H,4,6-7,16-22H2/b31-30-/t23?,26-,27+. The van der Waals surface area contributed by atoms with Gasteiger partial charge in [-0.15, -0.1) is 0 Å². The van der Waals surface area contributed by atoms with Gasteiger partial charge in [-0.1, -0.05) is 54.1 Å². The second-order valence-electron chi connectivity index (χ2n) is 10.2. The summed E-state index contributed by atoms with van der Waals surface area (Å²) >= 11 is 0. The van der Waals surface area contributed by atoms with Gasteiger partial charge in [0.25, 0.3) is 0 Å². The van der Waals surface area contributed by atoms with Crippen LogP contribution in [0.15, 0.2) is 78.4 Å². The minimum atomic E-state index is 0.167. The van der Waals surface area contributed by atoms with Crippen LogP contribution in [-0.2, 0) is 0 Å². The van der Waals surface area contributed by atoms with Crippen molar-refractivity contribution in [2.75, 3.05) is 45.9 Å². The highest BCUT2D eigenvalue weighted by Gasteiger charge is 2.35. The van der Waals surface area contributed by atoms with Crippen molar-refractivity contribution < 1.29 is 14.9 Å². The third kappa shape index (κ3) is 5.92. The predicted molar refractivity (Wildman–Crippen MR) is 145 cm³/mol. The molecule has 0 radical (unpaired) electrons. The number of fused-ring (bicyclic) bond motifs is 1.